The number of benzene rings is 2. The van der Waals surface area contributed by atoms with Gasteiger partial charge in [-0.05, 0) is 99.1 Å². The highest BCUT2D eigenvalue weighted by Crippen LogP contribution is 2.60. The molecule has 0 aromatic heterocycles. The molecule has 9 heteroatoms. The summed E-state index contributed by atoms with van der Waals surface area (Å²) in [6, 6.07) is 11.0. The van der Waals surface area contributed by atoms with Crippen LogP contribution in [-0.4, -0.2) is 26.8 Å². The van der Waals surface area contributed by atoms with Crippen LogP contribution in [0.2, 0.25) is 5.02 Å². The van der Waals surface area contributed by atoms with Crippen LogP contribution in [0.1, 0.15) is 44.1 Å². The Balaban J connectivity index is 1.23. The van der Waals surface area contributed by atoms with E-state index in [1.54, 1.807) is 31.2 Å². The van der Waals surface area contributed by atoms with E-state index in [-0.39, 0.29) is 28.7 Å². The van der Waals surface area contributed by atoms with E-state index in [0.29, 0.717) is 39.7 Å². The SMILES string of the molecule is Cc1ccc(S(=O)(=O)Nc2cccc(Cl)c2)cc1NC(=O)CNC(=O)C12CC3CC(CC(C3)C1)C2. The molecule has 7 nitrogen and oxygen atoms in total. The van der Waals surface area contributed by atoms with Crippen LogP contribution < -0.4 is 15.4 Å². The molecule has 0 heterocycles. The summed E-state index contributed by atoms with van der Waals surface area (Å²) >= 11 is 5.95. The lowest BCUT2D eigenvalue weighted by molar-refractivity contribution is -0.146. The van der Waals surface area contributed by atoms with Gasteiger partial charge >= 0.3 is 0 Å². The van der Waals surface area contributed by atoms with Crippen molar-refractivity contribution in [1.82, 2.24) is 5.32 Å². The molecule has 4 fully saturated rings. The molecule has 4 aliphatic carbocycles. The number of sulfonamides is 1. The maximum absolute atomic E-state index is 13.1. The zero-order valence-corrected chi connectivity index (χ0v) is 21.2. The van der Waals surface area contributed by atoms with Crippen LogP contribution >= 0.6 is 11.6 Å². The molecule has 0 unspecified atom stereocenters. The third-order valence-electron chi connectivity index (χ3n) is 7.80. The van der Waals surface area contributed by atoms with E-state index in [1.807, 2.05) is 0 Å². The highest BCUT2D eigenvalue weighted by molar-refractivity contribution is 7.92. The number of aryl methyl sites for hydroxylation is 1. The smallest absolute Gasteiger partial charge is 0.261 e. The molecule has 6 rings (SSSR count). The van der Waals surface area contributed by atoms with E-state index in [0.717, 1.165) is 19.3 Å². The van der Waals surface area contributed by atoms with Gasteiger partial charge in [-0.2, -0.15) is 0 Å². The number of hydrogen-bond acceptors (Lipinski definition) is 4. The van der Waals surface area contributed by atoms with Crippen molar-refractivity contribution in [2.45, 2.75) is 50.3 Å². The first kappa shape index (κ1) is 24.1. The highest BCUT2D eigenvalue weighted by Gasteiger charge is 2.54. The van der Waals surface area contributed by atoms with Gasteiger partial charge in [0.15, 0.2) is 0 Å². The fourth-order valence-corrected chi connectivity index (χ4v) is 7.87. The summed E-state index contributed by atoms with van der Waals surface area (Å²) in [7, 11) is -3.89. The molecule has 0 atom stereocenters. The second-order valence-electron chi connectivity index (χ2n) is 10.5. The van der Waals surface area contributed by atoms with Crippen LogP contribution in [0, 0.1) is 30.1 Å². The molecule has 4 saturated carbocycles. The summed E-state index contributed by atoms with van der Waals surface area (Å²) in [5.41, 5.74) is 1.13. The van der Waals surface area contributed by atoms with Crippen LogP contribution in [-0.2, 0) is 19.6 Å². The van der Waals surface area contributed by atoms with Crippen LogP contribution in [0.25, 0.3) is 0 Å². The van der Waals surface area contributed by atoms with E-state index < -0.39 is 10.0 Å². The Labute approximate surface area is 211 Å². The maximum Gasteiger partial charge on any atom is 0.261 e. The number of anilines is 2. The number of amides is 2. The largest absolute Gasteiger partial charge is 0.347 e. The van der Waals surface area contributed by atoms with Gasteiger partial charge in [0.05, 0.1) is 17.1 Å². The normalized spacial score (nSPS) is 26.9. The van der Waals surface area contributed by atoms with Crippen molar-refractivity contribution < 1.29 is 18.0 Å². The van der Waals surface area contributed by atoms with Gasteiger partial charge in [0.2, 0.25) is 11.8 Å². The van der Waals surface area contributed by atoms with Crippen molar-refractivity contribution in [2.75, 3.05) is 16.6 Å². The summed E-state index contributed by atoms with van der Waals surface area (Å²) < 4.78 is 28.2. The first-order valence-corrected chi connectivity index (χ1v) is 14.0. The van der Waals surface area contributed by atoms with Gasteiger partial charge in [-0.25, -0.2) is 8.42 Å². The predicted octanol–water partition coefficient (Wildman–Crippen LogP) is 4.72. The molecule has 2 aromatic rings. The van der Waals surface area contributed by atoms with Crippen molar-refractivity contribution >= 4 is 44.8 Å². The fourth-order valence-electron chi connectivity index (χ4n) is 6.60. The van der Waals surface area contributed by atoms with Crippen molar-refractivity contribution in [3.05, 3.63) is 53.1 Å². The molecule has 0 spiro atoms. The molecular formula is C26H30ClN3O4S. The minimum absolute atomic E-state index is 0.00878. The van der Waals surface area contributed by atoms with Crippen LogP contribution in [0.15, 0.2) is 47.4 Å². The molecule has 2 amide bonds. The van der Waals surface area contributed by atoms with E-state index in [9.17, 15) is 18.0 Å². The van der Waals surface area contributed by atoms with E-state index in [2.05, 4.69) is 15.4 Å². The van der Waals surface area contributed by atoms with E-state index in [1.165, 1.54) is 37.5 Å². The first-order valence-electron chi connectivity index (χ1n) is 12.1. The lowest BCUT2D eigenvalue weighted by atomic mass is 9.49. The van der Waals surface area contributed by atoms with Crippen molar-refractivity contribution in [2.24, 2.45) is 23.2 Å². The molecule has 35 heavy (non-hydrogen) atoms. The van der Waals surface area contributed by atoms with Crippen molar-refractivity contribution in [3.63, 3.8) is 0 Å². The Kier molecular flexibility index (Phi) is 6.30. The van der Waals surface area contributed by atoms with Gasteiger partial charge in [0, 0.05) is 16.1 Å². The monoisotopic (exact) mass is 515 g/mol. The Bertz CT molecular complexity index is 1240. The van der Waals surface area contributed by atoms with Gasteiger partial charge < -0.3 is 10.6 Å². The summed E-state index contributed by atoms with van der Waals surface area (Å²) in [4.78, 5) is 25.8. The third-order valence-corrected chi connectivity index (χ3v) is 9.41. The topological polar surface area (TPSA) is 104 Å². The van der Waals surface area contributed by atoms with Crippen LogP contribution in [0.3, 0.4) is 0 Å². The average molecular weight is 516 g/mol. The first-order chi connectivity index (χ1) is 16.6. The summed E-state index contributed by atoms with van der Waals surface area (Å²) in [6.07, 6.45) is 6.55. The quantitative estimate of drug-likeness (QED) is 0.496. The standard InChI is InChI=1S/C26H30ClN3O4S/c1-16-5-6-22(35(33,34)30-21-4-2-3-20(27)10-21)11-23(16)29-24(31)15-28-25(32)26-12-17-7-18(13-26)9-19(8-17)14-26/h2-6,10-11,17-19,30H,7-9,12-15H2,1H3,(H,28,32)(H,29,31). The predicted molar refractivity (Wildman–Crippen MR) is 136 cm³/mol. The minimum Gasteiger partial charge on any atom is -0.347 e. The number of halogens is 1. The summed E-state index contributed by atoms with van der Waals surface area (Å²) in [5, 5.41) is 6.04. The molecule has 0 aliphatic heterocycles. The second-order valence-corrected chi connectivity index (χ2v) is 12.6. The zero-order chi connectivity index (χ0) is 24.8. The van der Waals surface area contributed by atoms with Gasteiger partial charge in [-0.15, -0.1) is 0 Å². The zero-order valence-electron chi connectivity index (χ0n) is 19.6. The maximum atomic E-state index is 13.1. The molecule has 0 saturated heterocycles. The van der Waals surface area contributed by atoms with Crippen molar-refractivity contribution in [3.8, 4) is 0 Å². The Hall–Kier alpha value is -2.58. The molecule has 4 aliphatic rings. The van der Waals surface area contributed by atoms with Crippen molar-refractivity contribution in [1.29, 1.82) is 0 Å². The summed E-state index contributed by atoms with van der Waals surface area (Å²) in [5.74, 6) is 1.55. The van der Waals surface area contributed by atoms with Gasteiger partial charge in [0.1, 0.15) is 0 Å². The number of rotatable bonds is 7. The lowest BCUT2D eigenvalue weighted by Crippen LogP contribution is -2.54. The third kappa shape index (κ3) is 5.05. The molecule has 186 valence electrons. The van der Waals surface area contributed by atoms with E-state index in [4.69, 9.17) is 11.6 Å². The molecular weight excluding hydrogens is 486 g/mol. The van der Waals surface area contributed by atoms with Gasteiger partial charge in [-0.3, -0.25) is 14.3 Å². The number of nitrogens with one attached hydrogen (secondary N) is 3. The number of hydrogen-bond donors (Lipinski definition) is 3. The molecule has 3 N–H and O–H groups in total. The van der Waals surface area contributed by atoms with E-state index >= 15 is 0 Å². The molecule has 0 radical (unpaired) electrons. The molecule has 4 bridgehead atoms. The average Bonchev–Trinajstić information content (AvgIpc) is 2.77. The number of carbonyl (C=O) groups excluding carboxylic acids is 2. The van der Waals surface area contributed by atoms with Crippen LogP contribution in [0.4, 0.5) is 11.4 Å². The number of carbonyl (C=O) groups is 2. The Morgan fingerprint density at radius 3 is 2.29 bits per heavy atom. The highest BCUT2D eigenvalue weighted by atomic mass is 35.5. The Morgan fingerprint density at radius 1 is 1.00 bits per heavy atom. The van der Waals surface area contributed by atoms with Crippen LogP contribution in [0.5, 0.6) is 0 Å². The fraction of sp³-hybridized carbons (Fsp3) is 0.462. The minimum atomic E-state index is -3.89. The van der Waals surface area contributed by atoms with Gasteiger partial charge in [0.25, 0.3) is 10.0 Å². The lowest BCUT2D eigenvalue weighted by Gasteiger charge is -2.55. The second kappa shape index (κ2) is 9.13. The van der Waals surface area contributed by atoms with Gasteiger partial charge in [-0.1, -0.05) is 23.7 Å². The summed E-state index contributed by atoms with van der Waals surface area (Å²) in [6.45, 7) is 1.64. The molecule has 2 aromatic carbocycles. The Morgan fingerprint density at radius 2 is 1.66 bits per heavy atom.